The Morgan fingerprint density at radius 3 is 2.86 bits per heavy atom. The lowest BCUT2D eigenvalue weighted by Gasteiger charge is -2.05. The maximum Gasteiger partial charge on any atom is 0.166 e. The number of anilines is 1. The van der Waals surface area contributed by atoms with Crippen LogP contribution in [-0.2, 0) is 0 Å². The summed E-state index contributed by atoms with van der Waals surface area (Å²) in [5.41, 5.74) is 7.63. The molecule has 0 aliphatic carbocycles. The van der Waals surface area contributed by atoms with Gasteiger partial charge in [-0.25, -0.2) is 0 Å². The molecule has 5 heteroatoms. The van der Waals surface area contributed by atoms with Gasteiger partial charge in [-0.05, 0) is 47.2 Å². The molecule has 0 aliphatic rings. The fourth-order valence-corrected chi connectivity index (χ4v) is 1.69. The molecule has 0 atom stereocenters. The Labute approximate surface area is 95.3 Å². The van der Waals surface area contributed by atoms with E-state index in [0.717, 1.165) is 11.3 Å². The lowest BCUT2D eigenvalue weighted by molar-refractivity contribution is 0.749. The molecule has 2 N–H and O–H groups in total. The van der Waals surface area contributed by atoms with E-state index in [4.69, 9.17) is 5.73 Å². The molecule has 72 valence electrons. The zero-order valence-corrected chi connectivity index (χ0v) is 9.76. The van der Waals surface area contributed by atoms with Crippen molar-refractivity contribution in [3.8, 4) is 5.69 Å². The molecular weight excluding hydrogens is 291 g/mol. The molecule has 0 fully saturated rings. The highest BCUT2D eigenvalue weighted by Crippen LogP contribution is 2.18. The van der Waals surface area contributed by atoms with Crippen molar-refractivity contribution in [1.29, 1.82) is 0 Å². The number of hydrogen-bond donors (Lipinski definition) is 1. The molecule has 1 aromatic heterocycles. The Hall–Kier alpha value is -1.11. The van der Waals surface area contributed by atoms with Crippen molar-refractivity contribution >= 4 is 28.4 Å². The van der Waals surface area contributed by atoms with Crippen LogP contribution in [0.1, 0.15) is 5.56 Å². The number of aromatic nitrogens is 3. The lowest BCUT2D eigenvalue weighted by Crippen LogP contribution is -2.02. The van der Waals surface area contributed by atoms with E-state index in [9.17, 15) is 0 Å². The fourth-order valence-electron chi connectivity index (χ4n) is 1.20. The zero-order chi connectivity index (χ0) is 10.1. The van der Waals surface area contributed by atoms with E-state index < -0.39 is 0 Å². The van der Waals surface area contributed by atoms with Gasteiger partial charge >= 0.3 is 0 Å². The van der Waals surface area contributed by atoms with Gasteiger partial charge in [0.2, 0.25) is 0 Å². The van der Waals surface area contributed by atoms with Crippen LogP contribution in [0, 0.1) is 10.5 Å². The summed E-state index contributed by atoms with van der Waals surface area (Å²) in [5.74, 6) is 0.434. The minimum absolute atomic E-state index is 0.434. The van der Waals surface area contributed by atoms with Crippen molar-refractivity contribution in [1.82, 2.24) is 15.0 Å². The van der Waals surface area contributed by atoms with Gasteiger partial charge in [-0.3, -0.25) is 0 Å². The third kappa shape index (κ3) is 1.59. The minimum Gasteiger partial charge on any atom is -0.381 e. The van der Waals surface area contributed by atoms with Crippen LogP contribution >= 0.6 is 22.6 Å². The molecule has 0 saturated carbocycles. The van der Waals surface area contributed by atoms with Crippen LogP contribution < -0.4 is 5.73 Å². The van der Waals surface area contributed by atoms with Crippen LogP contribution in [0.4, 0.5) is 5.82 Å². The monoisotopic (exact) mass is 300 g/mol. The van der Waals surface area contributed by atoms with Crippen LogP contribution in [0.25, 0.3) is 5.69 Å². The minimum atomic E-state index is 0.434. The Balaban J connectivity index is 2.57. The van der Waals surface area contributed by atoms with E-state index in [1.54, 1.807) is 11.0 Å². The highest BCUT2D eigenvalue weighted by molar-refractivity contribution is 14.1. The number of nitrogen functional groups attached to an aromatic ring is 1. The average Bonchev–Trinajstić information content (AvgIpc) is 2.57. The Bertz CT molecular complexity index is 464. The third-order valence-corrected chi connectivity index (χ3v) is 3.13. The zero-order valence-electron chi connectivity index (χ0n) is 7.61. The summed E-state index contributed by atoms with van der Waals surface area (Å²) in [5, 5.41) is 8.13. The molecule has 0 bridgehead atoms. The van der Waals surface area contributed by atoms with Gasteiger partial charge in [-0.15, -0.1) is 9.90 Å². The summed E-state index contributed by atoms with van der Waals surface area (Å²) in [4.78, 5) is 1.55. The van der Waals surface area contributed by atoms with Crippen molar-refractivity contribution in [3.05, 3.63) is 33.5 Å². The van der Waals surface area contributed by atoms with Gasteiger partial charge in [-0.1, -0.05) is 6.07 Å². The lowest BCUT2D eigenvalue weighted by atomic mass is 10.2. The first-order valence-electron chi connectivity index (χ1n) is 4.12. The summed E-state index contributed by atoms with van der Waals surface area (Å²) in [6.07, 6.45) is 1.54. The average molecular weight is 300 g/mol. The van der Waals surface area contributed by atoms with Crippen molar-refractivity contribution < 1.29 is 0 Å². The second-order valence-electron chi connectivity index (χ2n) is 2.94. The second-order valence-corrected chi connectivity index (χ2v) is 4.11. The molecular formula is C9H9IN4. The Morgan fingerprint density at radius 1 is 1.43 bits per heavy atom. The van der Waals surface area contributed by atoms with Crippen molar-refractivity contribution in [2.24, 2.45) is 0 Å². The van der Waals surface area contributed by atoms with E-state index in [2.05, 4.69) is 32.8 Å². The summed E-state index contributed by atoms with van der Waals surface area (Å²) >= 11 is 2.28. The van der Waals surface area contributed by atoms with Crippen LogP contribution in [0.2, 0.25) is 0 Å². The van der Waals surface area contributed by atoms with E-state index in [1.165, 1.54) is 3.57 Å². The number of nitrogens with zero attached hydrogens (tertiary/aromatic N) is 3. The van der Waals surface area contributed by atoms with E-state index in [0.29, 0.717) is 5.82 Å². The first-order valence-corrected chi connectivity index (χ1v) is 5.19. The smallest absolute Gasteiger partial charge is 0.166 e. The topological polar surface area (TPSA) is 56.7 Å². The van der Waals surface area contributed by atoms with Crippen molar-refractivity contribution in [3.63, 3.8) is 0 Å². The number of rotatable bonds is 1. The Morgan fingerprint density at radius 2 is 2.21 bits per heavy atom. The fraction of sp³-hybridized carbons (Fsp3) is 0.111. The van der Waals surface area contributed by atoms with Crippen LogP contribution in [0.5, 0.6) is 0 Å². The van der Waals surface area contributed by atoms with Gasteiger partial charge in [0.25, 0.3) is 0 Å². The van der Waals surface area contributed by atoms with Gasteiger partial charge in [0, 0.05) is 3.57 Å². The molecule has 0 spiro atoms. The molecule has 1 heterocycles. The third-order valence-electron chi connectivity index (χ3n) is 1.96. The number of hydrogen-bond acceptors (Lipinski definition) is 3. The van der Waals surface area contributed by atoms with Crippen LogP contribution in [0.3, 0.4) is 0 Å². The van der Waals surface area contributed by atoms with Crippen molar-refractivity contribution in [2.45, 2.75) is 6.92 Å². The van der Waals surface area contributed by atoms with Gasteiger partial charge < -0.3 is 5.73 Å². The highest BCUT2D eigenvalue weighted by Gasteiger charge is 2.05. The SMILES string of the molecule is Cc1c(I)cccc1-n1ncc(N)n1. The predicted molar refractivity (Wildman–Crippen MR) is 63.2 cm³/mol. The van der Waals surface area contributed by atoms with E-state index in [-0.39, 0.29) is 0 Å². The highest BCUT2D eigenvalue weighted by atomic mass is 127. The van der Waals surface area contributed by atoms with E-state index in [1.807, 2.05) is 25.1 Å². The molecule has 2 aromatic rings. The normalized spacial score (nSPS) is 10.4. The number of halogens is 1. The summed E-state index contributed by atoms with van der Waals surface area (Å²) in [6.45, 7) is 2.04. The molecule has 14 heavy (non-hydrogen) atoms. The first kappa shape index (κ1) is 9.45. The summed E-state index contributed by atoms with van der Waals surface area (Å²) in [7, 11) is 0. The van der Waals surface area contributed by atoms with Crippen LogP contribution in [0.15, 0.2) is 24.4 Å². The molecule has 0 unspecified atom stereocenters. The molecule has 1 aromatic carbocycles. The Kier molecular flexibility index (Phi) is 2.40. The number of nitrogens with two attached hydrogens (primary N) is 1. The summed E-state index contributed by atoms with van der Waals surface area (Å²) < 4.78 is 1.19. The molecule has 0 radical (unpaired) electrons. The molecule has 4 nitrogen and oxygen atoms in total. The molecule has 2 rings (SSSR count). The standard InChI is InChI=1S/C9H9IN4/c1-6-7(10)3-2-4-8(6)14-12-5-9(11)13-14/h2-5H,1H3,(H2,11,13). The van der Waals surface area contributed by atoms with Crippen molar-refractivity contribution in [2.75, 3.05) is 5.73 Å². The van der Waals surface area contributed by atoms with Gasteiger partial charge in [0.1, 0.15) is 0 Å². The van der Waals surface area contributed by atoms with Gasteiger partial charge in [0.15, 0.2) is 5.82 Å². The first-order chi connectivity index (χ1) is 6.68. The quantitative estimate of drug-likeness (QED) is 0.817. The number of benzene rings is 1. The summed E-state index contributed by atoms with van der Waals surface area (Å²) in [6, 6.07) is 5.99. The molecule has 0 amide bonds. The largest absolute Gasteiger partial charge is 0.381 e. The molecule has 0 saturated heterocycles. The van der Waals surface area contributed by atoms with Gasteiger partial charge in [0.05, 0.1) is 11.9 Å². The maximum atomic E-state index is 5.51. The second kappa shape index (κ2) is 3.56. The molecule has 0 aliphatic heterocycles. The van der Waals surface area contributed by atoms with Crippen LogP contribution in [-0.4, -0.2) is 15.0 Å². The van der Waals surface area contributed by atoms with E-state index >= 15 is 0 Å². The van der Waals surface area contributed by atoms with Gasteiger partial charge in [-0.2, -0.15) is 5.10 Å². The predicted octanol–water partition coefficient (Wildman–Crippen LogP) is 1.76. The maximum absolute atomic E-state index is 5.51.